The molecule has 202 valence electrons. The summed E-state index contributed by atoms with van der Waals surface area (Å²) in [5.41, 5.74) is 8.96. The minimum absolute atomic E-state index is 0.908. The molecule has 0 amide bonds. The van der Waals surface area contributed by atoms with Gasteiger partial charge in [-0.15, -0.1) is 0 Å². The highest BCUT2D eigenvalue weighted by Crippen LogP contribution is 2.55. The molecule has 0 saturated heterocycles. The van der Waals surface area contributed by atoms with E-state index in [-0.39, 0.29) is 0 Å². The molecule has 0 unspecified atom stereocenters. The van der Waals surface area contributed by atoms with Crippen molar-refractivity contribution in [3.63, 3.8) is 0 Å². The highest BCUT2D eigenvalue weighted by Gasteiger charge is 2.44. The van der Waals surface area contributed by atoms with Gasteiger partial charge in [-0.3, -0.25) is 0 Å². The van der Waals surface area contributed by atoms with Crippen molar-refractivity contribution in [3.05, 3.63) is 152 Å². The second kappa shape index (κ2) is 9.24. The molecule has 0 radical (unpaired) electrons. The Kier molecular flexibility index (Phi) is 5.28. The van der Waals surface area contributed by atoms with Crippen LogP contribution < -0.4 is 15.9 Å². The molecule has 0 bridgehead atoms. The van der Waals surface area contributed by atoms with Gasteiger partial charge in [0.1, 0.15) is 27.1 Å². The molecular weight excluding hydrogens is 543 g/mol. The standard InChI is InChI=1S/C40H26O2P/c41-43(27-13-3-1-4-14-27,28-15-5-2-6-16-28)29-17-9-12-26(24-29)30-19-10-20-31-32-21-11-22-34-39(32)35(38(30)31)25-37-40(34)33-18-7-8-23-36(33)42-37/h1-25,41H/q+1. The Morgan fingerprint density at radius 2 is 1.02 bits per heavy atom. The van der Waals surface area contributed by atoms with Crippen LogP contribution in [0.4, 0.5) is 0 Å². The van der Waals surface area contributed by atoms with E-state index >= 15 is 0 Å². The molecule has 0 saturated carbocycles. The van der Waals surface area contributed by atoms with Crippen LogP contribution in [0.5, 0.6) is 0 Å². The van der Waals surface area contributed by atoms with Gasteiger partial charge in [-0.05, 0) is 92.7 Å². The number of rotatable bonds is 4. The van der Waals surface area contributed by atoms with Gasteiger partial charge >= 0.3 is 0 Å². The molecule has 0 fully saturated rings. The van der Waals surface area contributed by atoms with Crippen molar-refractivity contribution in [3.8, 4) is 33.4 Å². The van der Waals surface area contributed by atoms with Crippen LogP contribution in [0.2, 0.25) is 0 Å². The van der Waals surface area contributed by atoms with E-state index in [0.29, 0.717) is 0 Å². The first-order valence-electron chi connectivity index (χ1n) is 14.6. The Morgan fingerprint density at radius 3 is 1.81 bits per heavy atom. The van der Waals surface area contributed by atoms with Crippen molar-refractivity contribution in [1.82, 2.24) is 0 Å². The van der Waals surface area contributed by atoms with E-state index in [4.69, 9.17) is 4.42 Å². The summed E-state index contributed by atoms with van der Waals surface area (Å²) in [6.07, 6.45) is 0. The van der Waals surface area contributed by atoms with Crippen LogP contribution in [-0.2, 0) is 0 Å². The molecule has 1 aliphatic carbocycles. The van der Waals surface area contributed by atoms with Crippen LogP contribution >= 0.6 is 7.49 Å². The quantitative estimate of drug-likeness (QED) is 0.214. The Labute approximate surface area is 249 Å². The third kappa shape index (κ3) is 3.49. The summed E-state index contributed by atoms with van der Waals surface area (Å²) >= 11 is 0. The first kappa shape index (κ1) is 24.6. The van der Waals surface area contributed by atoms with Crippen LogP contribution in [0.1, 0.15) is 0 Å². The predicted molar refractivity (Wildman–Crippen MR) is 182 cm³/mol. The van der Waals surface area contributed by atoms with Gasteiger partial charge < -0.3 is 4.42 Å². The Bertz CT molecular complexity index is 2310. The van der Waals surface area contributed by atoms with E-state index in [1.807, 2.05) is 72.8 Å². The molecule has 0 spiro atoms. The number of hydrogen-bond acceptors (Lipinski definition) is 2. The van der Waals surface area contributed by atoms with E-state index in [1.54, 1.807) is 0 Å². The molecule has 7 aromatic carbocycles. The molecule has 8 aromatic rings. The average Bonchev–Trinajstić information content (AvgIpc) is 3.62. The van der Waals surface area contributed by atoms with Gasteiger partial charge in [0, 0.05) is 10.8 Å². The summed E-state index contributed by atoms with van der Waals surface area (Å²) in [4.78, 5) is 12.6. The normalized spacial score (nSPS) is 12.3. The number of para-hydroxylation sites is 1. The fourth-order valence-corrected chi connectivity index (χ4v) is 9.77. The van der Waals surface area contributed by atoms with Crippen molar-refractivity contribution in [2.45, 2.75) is 0 Å². The largest absolute Gasteiger partial charge is 0.456 e. The maximum absolute atomic E-state index is 12.6. The van der Waals surface area contributed by atoms with E-state index in [9.17, 15) is 4.89 Å². The lowest BCUT2D eigenvalue weighted by Crippen LogP contribution is -2.30. The zero-order valence-corrected chi connectivity index (χ0v) is 24.1. The topological polar surface area (TPSA) is 33.4 Å². The first-order valence-corrected chi connectivity index (χ1v) is 16.3. The van der Waals surface area contributed by atoms with Crippen molar-refractivity contribution in [2.24, 2.45) is 0 Å². The van der Waals surface area contributed by atoms with Crippen LogP contribution in [0, 0.1) is 0 Å². The number of hydrogen-bond donors (Lipinski definition) is 1. The summed E-state index contributed by atoms with van der Waals surface area (Å²) in [7, 11) is -2.86. The molecule has 43 heavy (non-hydrogen) atoms. The summed E-state index contributed by atoms with van der Waals surface area (Å²) in [6, 6.07) is 52.5. The Hall–Kier alpha value is -5.01. The molecule has 1 aliphatic rings. The summed E-state index contributed by atoms with van der Waals surface area (Å²) in [5.74, 6) is 0. The maximum atomic E-state index is 12.6. The predicted octanol–water partition coefficient (Wildman–Crippen LogP) is 9.25. The van der Waals surface area contributed by atoms with Gasteiger partial charge in [-0.25, -0.2) is 4.89 Å². The SMILES string of the molecule is O[P+](c1ccccc1)(c1ccccc1)c1cccc(-c2cccc3c2-c2cc4oc5ccccc5c4c4cccc-3c24)c1. The number of furan rings is 1. The average molecular weight is 570 g/mol. The van der Waals surface area contributed by atoms with Gasteiger partial charge in [-0.1, -0.05) is 103 Å². The Morgan fingerprint density at radius 1 is 0.419 bits per heavy atom. The van der Waals surface area contributed by atoms with Crippen LogP contribution in [-0.4, -0.2) is 4.89 Å². The second-order valence-electron chi connectivity index (χ2n) is 11.2. The lowest BCUT2D eigenvalue weighted by atomic mass is 9.93. The molecular formula is C40H26O2P+. The van der Waals surface area contributed by atoms with Crippen LogP contribution in [0.25, 0.3) is 66.1 Å². The van der Waals surface area contributed by atoms with Crippen molar-refractivity contribution in [2.75, 3.05) is 0 Å². The van der Waals surface area contributed by atoms with Gasteiger partial charge in [0.2, 0.25) is 7.49 Å². The molecule has 3 heteroatoms. The van der Waals surface area contributed by atoms with Crippen molar-refractivity contribution < 1.29 is 9.31 Å². The minimum Gasteiger partial charge on any atom is -0.456 e. The van der Waals surface area contributed by atoms with E-state index in [1.165, 1.54) is 38.4 Å². The number of benzene rings is 7. The van der Waals surface area contributed by atoms with Gasteiger partial charge in [0.05, 0.1) is 0 Å². The molecule has 1 N–H and O–H groups in total. The van der Waals surface area contributed by atoms with Gasteiger partial charge in [0.15, 0.2) is 0 Å². The summed E-state index contributed by atoms with van der Waals surface area (Å²) < 4.78 is 6.42. The Balaban J connectivity index is 1.29. The smallest absolute Gasteiger partial charge is 0.238 e. The van der Waals surface area contributed by atoms with E-state index in [0.717, 1.165) is 43.6 Å². The summed E-state index contributed by atoms with van der Waals surface area (Å²) in [6.45, 7) is 0. The van der Waals surface area contributed by atoms with Crippen molar-refractivity contribution >= 4 is 56.1 Å². The molecule has 0 atom stereocenters. The zero-order valence-electron chi connectivity index (χ0n) is 23.2. The first-order chi connectivity index (χ1) is 21.2. The molecule has 2 nitrogen and oxygen atoms in total. The van der Waals surface area contributed by atoms with E-state index < -0.39 is 7.49 Å². The fourth-order valence-electron chi connectivity index (χ4n) is 7.04. The minimum atomic E-state index is -2.86. The lowest BCUT2D eigenvalue weighted by Gasteiger charge is -2.21. The number of fused-ring (bicyclic) bond motifs is 7. The highest BCUT2D eigenvalue weighted by molar-refractivity contribution is 7.91. The van der Waals surface area contributed by atoms with Crippen LogP contribution in [0.15, 0.2) is 156 Å². The molecule has 9 rings (SSSR count). The van der Waals surface area contributed by atoms with Gasteiger partial charge in [0.25, 0.3) is 0 Å². The molecule has 1 heterocycles. The third-order valence-corrected chi connectivity index (χ3v) is 12.0. The summed E-state index contributed by atoms with van der Waals surface area (Å²) in [5, 5.41) is 7.65. The second-order valence-corrected chi connectivity index (χ2v) is 14.0. The monoisotopic (exact) mass is 569 g/mol. The lowest BCUT2D eigenvalue weighted by molar-refractivity contribution is 0.633. The van der Waals surface area contributed by atoms with Crippen molar-refractivity contribution in [1.29, 1.82) is 0 Å². The van der Waals surface area contributed by atoms with E-state index in [2.05, 4.69) is 78.9 Å². The maximum Gasteiger partial charge on any atom is 0.238 e. The molecule has 1 aromatic heterocycles. The third-order valence-electron chi connectivity index (χ3n) is 8.92. The highest BCUT2D eigenvalue weighted by atomic mass is 31.2. The molecule has 0 aliphatic heterocycles. The fraction of sp³-hybridized carbons (Fsp3) is 0. The van der Waals surface area contributed by atoms with Crippen LogP contribution in [0.3, 0.4) is 0 Å². The van der Waals surface area contributed by atoms with Gasteiger partial charge in [-0.2, -0.15) is 0 Å². The zero-order chi connectivity index (χ0) is 28.5.